The lowest BCUT2D eigenvalue weighted by atomic mass is 9.70. The van der Waals surface area contributed by atoms with Crippen molar-refractivity contribution in [3.8, 4) is 0 Å². The van der Waals surface area contributed by atoms with Gasteiger partial charge in [0.15, 0.2) is 0 Å². The molecule has 0 saturated carbocycles. The van der Waals surface area contributed by atoms with Crippen molar-refractivity contribution in [2.75, 3.05) is 23.7 Å². The van der Waals surface area contributed by atoms with Crippen molar-refractivity contribution in [1.29, 1.82) is 0 Å². The van der Waals surface area contributed by atoms with E-state index in [-0.39, 0.29) is 11.3 Å². The quantitative estimate of drug-likeness (QED) is 0.727. The highest BCUT2D eigenvalue weighted by Gasteiger charge is 2.41. The van der Waals surface area contributed by atoms with E-state index in [9.17, 15) is 4.79 Å². The van der Waals surface area contributed by atoms with Gasteiger partial charge in [-0.2, -0.15) is 0 Å². The fraction of sp³-hybridized carbons (Fsp3) is 0.364. The Morgan fingerprint density at radius 2 is 2.04 bits per heavy atom. The van der Waals surface area contributed by atoms with Gasteiger partial charge in [0.05, 0.1) is 6.54 Å². The van der Waals surface area contributed by atoms with E-state index in [1.54, 1.807) is 0 Å². The molecule has 1 amide bonds. The molecular weight excluding hydrogens is 372 g/mol. The third-order valence-corrected chi connectivity index (χ3v) is 5.81. The van der Waals surface area contributed by atoms with Crippen molar-refractivity contribution in [3.63, 3.8) is 0 Å². The van der Waals surface area contributed by atoms with Crippen molar-refractivity contribution in [2.24, 2.45) is 10.4 Å². The number of amidine groups is 1. The number of fused-ring (bicyclic) bond motifs is 1. The van der Waals surface area contributed by atoms with E-state index in [0.717, 1.165) is 60.1 Å². The molecule has 0 bridgehead atoms. The first-order valence-electron chi connectivity index (χ1n) is 9.72. The second kappa shape index (κ2) is 7.94. The predicted octanol–water partition coefficient (Wildman–Crippen LogP) is 4.23. The van der Waals surface area contributed by atoms with Crippen LogP contribution in [0.15, 0.2) is 47.5 Å². The van der Waals surface area contributed by atoms with Gasteiger partial charge in [0.25, 0.3) is 0 Å². The van der Waals surface area contributed by atoms with E-state index < -0.39 is 0 Å². The molecule has 4 rings (SSSR count). The molecular formula is C22H25ClN4O. The normalized spacial score (nSPS) is 19.1. The van der Waals surface area contributed by atoms with Gasteiger partial charge in [-0.15, -0.1) is 0 Å². The van der Waals surface area contributed by atoms with Gasteiger partial charge in [0.1, 0.15) is 5.84 Å². The van der Waals surface area contributed by atoms with E-state index in [1.165, 1.54) is 12.5 Å². The molecule has 0 atom stereocenters. The highest BCUT2D eigenvalue weighted by Crippen LogP contribution is 2.41. The van der Waals surface area contributed by atoms with E-state index in [2.05, 4.69) is 28.1 Å². The van der Waals surface area contributed by atoms with Crippen LogP contribution in [0.5, 0.6) is 0 Å². The first-order chi connectivity index (χ1) is 13.5. The van der Waals surface area contributed by atoms with Crippen LogP contribution >= 0.6 is 11.6 Å². The molecule has 1 spiro atoms. The Hall–Kier alpha value is -2.37. The minimum atomic E-state index is -0.0518. The number of hydrogen-bond donors (Lipinski definition) is 3. The lowest BCUT2D eigenvalue weighted by Gasteiger charge is -2.43. The summed E-state index contributed by atoms with van der Waals surface area (Å²) < 4.78 is 0. The predicted molar refractivity (Wildman–Crippen MR) is 115 cm³/mol. The summed E-state index contributed by atoms with van der Waals surface area (Å²) in [6.45, 7) is 4.11. The maximum atomic E-state index is 11.4. The van der Waals surface area contributed by atoms with E-state index >= 15 is 0 Å². The van der Waals surface area contributed by atoms with Crippen molar-refractivity contribution < 1.29 is 4.79 Å². The van der Waals surface area contributed by atoms with Gasteiger partial charge in [-0.3, -0.25) is 9.79 Å². The maximum Gasteiger partial charge on any atom is 0.221 e. The molecule has 2 aromatic carbocycles. The fourth-order valence-corrected chi connectivity index (χ4v) is 4.40. The zero-order valence-electron chi connectivity index (χ0n) is 16.0. The second-order valence-corrected chi connectivity index (χ2v) is 8.12. The molecule has 5 nitrogen and oxygen atoms in total. The Balaban J connectivity index is 1.65. The van der Waals surface area contributed by atoms with Crippen LogP contribution in [0.25, 0.3) is 0 Å². The first kappa shape index (κ1) is 19.0. The number of piperidine rings is 1. The summed E-state index contributed by atoms with van der Waals surface area (Å²) in [5.41, 5.74) is 4.26. The van der Waals surface area contributed by atoms with Gasteiger partial charge in [-0.25, -0.2) is 0 Å². The zero-order chi connectivity index (χ0) is 19.6. The minimum Gasteiger partial charge on any atom is -0.343 e. The number of benzene rings is 2. The Morgan fingerprint density at radius 1 is 1.21 bits per heavy atom. The Labute approximate surface area is 170 Å². The topological polar surface area (TPSA) is 65.5 Å². The Kier molecular flexibility index (Phi) is 5.38. The molecule has 28 heavy (non-hydrogen) atoms. The molecule has 146 valence electrons. The summed E-state index contributed by atoms with van der Waals surface area (Å²) in [5.74, 6) is 1.01. The third kappa shape index (κ3) is 4.05. The number of amides is 1. The maximum absolute atomic E-state index is 11.4. The molecule has 0 radical (unpaired) electrons. The summed E-state index contributed by atoms with van der Waals surface area (Å²) in [4.78, 5) is 16.4. The molecule has 0 aliphatic carbocycles. The molecule has 2 aliphatic rings. The van der Waals surface area contributed by atoms with E-state index in [1.807, 2.05) is 30.3 Å². The number of nitrogens with one attached hydrogen (secondary N) is 3. The average molecular weight is 397 g/mol. The van der Waals surface area contributed by atoms with Crippen molar-refractivity contribution in [3.05, 3.63) is 58.6 Å². The fourth-order valence-electron chi connectivity index (χ4n) is 4.18. The largest absolute Gasteiger partial charge is 0.343 e. The second-order valence-electron chi connectivity index (χ2n) is 7.68. The van der Waals surface area contributed by atoms with Crippen LogP contribution in [0, 0.1) is 5.41 Å². The first-order valence-corrected chi connectivity index (χ1v) is 10.1. The van der Waals surface area contributed by atoms with Crippen molar-refractivity contribution in [1.82, 2.24) is 5.32 Å². The van der Waals surface area contributed by atoms with Crippen molar-refractivity contribution in [2.45, 2.75) is 32.7 Å². The molecule has 6 heteroatoms. The summed E-state index contributed by atoms with van der Waals surface area (Å²) in [6, 6.07) is 13.9. The third-order valence-electron chi connectivity index (χ3n) is 5.58. The number of carbonyl (C=O) groups excluding carboxylic acids is 1. The Bertz CT molecular complexity index is 919. The number of rotatable bonds is 3. The summed E-state index contributed by atoms with van der Waals surface area (Å²) >= 11 is 6.12. The number of hydrogen-bond acceptors (Lipinski definition) is 3. The lowest BCUT2D eigenvalue weighted by molar-refractivity contribution is -0.114. The Morgan fingerprint density at radius 3 is 2.79 bits per heavy atom. The van der Waals surface area contributed by atoms with Gasteiger partial charge >= 0.3 is 0 Å². The highest BCUT2D eigenvalue weighted by molar-refractivity contribution is 6.30. The lowest BCUT2D eigenvalue weighted by Crippen LogP contribution is -2.48. The molecule has 0 aromatic heterocycles. The molecule has 1 saturated heterocycles. The van der Waals surface area contributed by atoms with E-state index in [4.69, 9.17) is 16.6 Å². The van der Waals surface area contributed by atoms with Crippen LogP contribution in [-0.4, -0.2) is 24.8 Å². The number of carbonyl (C=O) groups is 1. The molecule has 0 unspecified atom stereocenters. The van der Waals surface area contributed by atoms with Crippen LogP contribution in [0.1, 0.15) is 30.9 Å². The summed E-state index contributed by atoms with van der Waals surface area (Å²) in [7, 11) is 0. The standard InChI is InChI=1S/C22H25ClN4O/c1-15(28)26-19-5-6-20-17(12-19)13-22(7-9-24-10-8-22)21(27-20)25-14-16-3-2-4-18(23)11-16/h2-6,11-12,24H,7-10,13-14H2,1H3,(H,25,27)(H,26,28). The van der Waals surface area contributed by atoms with Crippen LogP contribution in [0.3, 0.4) is 0 Å². The van der Waals surface area contributed by atoms with Crippen LogP contribution in [0.2, 0.25) is 5.02 Å². The van der Waals surface area contributed by atoms with Gasteiger partial charge in [-0.1, -0.05) is 23.7 Å². The van der Waals surface area contributed by atoms with Gasteiger partial charge < -0.3 is 16.0 Å². The molecule has 1 fully saturated rings. The molecule has 3 N–H and O–H groups in total. The minimum absolute atomic E-state index is 0.00563. The van der Waals surface area contributed by atoms with Gasteiger partial charge in [0, 0.05) is 28.7 Å². The van der Waals surface area contributed by atoms with Gasteiger partial charge in [-0.05, 0) is 73.8 Å². The average Bonchev–Trinajstić information content (AvgIpc) is 2.67. The number of aliphatic imine (C=N–C) groups is 1. The highest BCUT2D eigenvalue weighted by atomic mass is 35.5. The molecule has 2 aromatic rings. The number of anilines is 2. The van der Waals surface area contributed by atoms with Gasteiger partial charge in [0.2, 0.25) is 5.91 Å². The molecule has 2 aliphatic heterocycles. The van der Waals surface area contributed by atoms with Crippen LogP contribution < -0.4 is 16.0 Å². The van der Waals surface area contributed by atoms with Crippen LogP contribution in [0.4, 0.5) is 11.4 Å². The number of nitrogens with zero attached hydrogens (tertiary/aromatic N) is 1. The smallest absolute Gasteiger partial charge is 0.221 e. The SMILES string of the molecule is CC(=O)Nc1ccc2c(c1)CC1(CCNCC1)C(=NCc1cccc(Cl)c1)N2. The van der Waals surface area contributed by atoms with Crippen molar-refractivity contribution >= 4 is 34.7 Å². The van der Waals surface area contributed by atoms with E-state index in [0.29, 0.717) is 6.54 Å². The summed E-state index contributed by atoms with van der Waals surface area (Å²) in [6.07, 6.45) is 3.01. The molecule has 2 heterocycles. The number of halogens is 1. The van der Waals surface area contributed by atoms with Crippen LogP contribution in [-0.2, 0) is 17.8 Å². The summed E-state index contributed by atoms with van der Waals surface area (Å²) in [5, 5.41) is 10.7. The zero-order valence-corrected chi connectivity index (χ0v) is 16.8. The monoisotopic (exact) mass is 396 g/mol.